The molecule has 4 N–H and O–H groups in total. The molecule has 5 nitrogen and oxygen atoms in total. The molecule has 10 atom stereocenters. The Morgan fingerprint density at radius 3 is 2.51 bits per heavy atom. The van der Waals surface area contributed by atoms with Crippen molar-refractivity contribution in [3.63, 3.8) is 0 Å². The first-order chi connectivity index (χ1) is 16.2. The summed E-state index contributed by atoms with van der Waals surface area (Å²) in [5, 5.41) is 22.0. The lowest BCUT2D eigenvalue weighted by Crippen LogP contribution is -2.58. The number of esters is 1. The van der Waals surface area contributed by atoms with Gasteiger partial charge < -0.3 is 20.4 Å². The van der Waals surface area contributed by atoms with Crippen LogP contribution in [0, 0.1) is 46.3 Å². The minimum atomic E-state index is -0.271. The molecule has 0 aliphatic heterocycles. The number of carbonyl (C=O) groups is 1. The van der Waals surface area contributed by atoms with E-state index in [2.05, 4.69) is 20.8 Å². The van der Waals surface area contributed by atoms with Crippen LogP contribution in [0.4, 0.5) is 0 Å². The second-order valence-corrected chi connectivity index (χ2v) is 12.7. The van der Waals surface area contributed by atoms with Gasteiger partial charge in [0.25, 0.3) is 0 Å². The first kappa shape index (κ1) is 26.6. The fourth-order valence-corrected chi connectivity index (χ4v) is 9.38. The molecule has 0 heterocycles. The van der Waals surface area contributed by atoms with E-state index in [0.717, 1.165) is 38.5 Å². The van der Waals surface area contributed by atoms with Crippen LogP contribution >= 0.6 is 0 Å². The van der Waals surface area contributed by atoms with Gasteiger partial charge in [-0.3, -0.25) is 4.79 Å². The van der Waals surface area contributed by atoms with Crippen LogP contribution in [-0.2, 0) is 4.79 Å². The number of ether oxygens (including phenoxy) is 1. The van der Waals surface area contributed by atoms with Gasteiger partial charge in [0.15, 0.2) is 0 Å². The molecule has 35 heavy (non-hydrogen) atoms. The van der Waals surface area contributed by atoms with Crippen LogP contribution in [0.15, 0.2) is 30.3 Å². The van der Waals surface area contributed by atoms with Crippen molar-refractivity contribution in [2.45, 2.75) is 97.2 Å². The van der Waals surface area contributed by atoms with Gasteiger partial charge in [-0.15, -0.1) is 0 Å². The fraction of sp³-hybridized carbons (Fsp3) is 0.767. The number of hydrogen-bond donors (Lipinski definition) is 2. The van der Waals surface area contributed by atoms with Crippen LogP contribution in [0.3, 0.4) is 0 Å². The van der Waals surface area contributed by atoms with E-state index in [-0.39, 0.29) is 34.5 Å². The van der Waals surface area contributed by atoms with E-state index < -0.39 is 0 Å². The van der Waals surface area contributed by atoms with Crippen molar-refractivity contribution in [3.8, 4) is 5.75 Å². The summed E-state index contributed by atoms with van der Waals surface area (Å²) in [5.41, 5.74) is 0.219. The maximum Gasteiger partial charge on any atom is 0.311 e. The molecule has 4 aliphatic rings. The fourth-order valence-electron chi connectivity index (χ4n) is 9.38. The van der Waals surface area contributed by atoms with Gasteiger partial charge in [-0.25, -0.2) is 0 Å². The Morgan fingerprint density at radius 2 is 1.77 bits per heavy atom. The van der Waals surface area contributed by atoms with Crippen molar-refractivity contribution in [1.82, 2.24) is 0 Å². The highest BCUT2D eigenvalue weighted by atomic mass is 16.5. The number of hydrogen-bond acceptors (Lipinski definition) is 4. The highest BCUT2D eigenvalue weighted by Gasteiger charge is 2.63. The third kappa shape index (κ3) is 4.57. The number of carbonyl (C=O) groups excluding carboxylic acids is 1. The summed E-state index contributed by atoms with van der Waals surface area (Å²) < 4.78 is 5.51. The number of rotatable bonds is 5. The Labute approximate surface area is 211 Å². The van der Waals surface area contributed by atoms with Crippen molar-refractivity contribution in [1.29, 1.82) is 0 Å². The zero-order chi connectivity index (χ0) is 24.1. The predicted molar refractivity (Wildman–Crippen MR) is 137 cm³/mol. The van der Waals surface area contributed by atoms with Crippen LogP contribution in [0.1, 0.15) is 85.0 Å². The highest BCUT2D eigenvalue weighted by Crippen LogP contribution is 2.68. The molecule has 1 aromatic carbocycles. The average molecular weight is 487 g/mol. The quantitative estimate of drug-likeness (QED) is 0.443. The van der Waals surface area contributed by atoms with Gasteiger partial charge in [0.1, 0.15) is 5.75 Å². The van der Waals surface area contributed by atoms with Crippen LogP contribution < -0.4 is 4.74 Å². The second-order valence-electron chi connectivity index (χ2n) is 12.7. The van der Waals surface area contributed by atoms with Crippen molar-refractivity contribution < 1.29 is 25.2 Å². The molecule has 0 spiro atoms. The zero-order valence-corrected chi connectivity index (χ0v) is 21.8. The van der Waals surface area contributed by atoms with Crippen LogP contribution in [0.2, 0.25) is 0 Å². The minimum Gasteiger partial charge on any atom is -0.427 e. The van der Waals surface area contributed by atoms with E-state index in [0.29, 0.717) is 47.7 Å². The molecule has 4 fully saturated rings. The summed E-state index contributed by atoms with van der Waals surface area (Å²) in [5.74, 6) is 3.77. The SMILES string of the molecule is C[C@H](CCC(=O)Oc1ccccc1)[C@H]1CCC2C3CC[C@@H]4C[C@H](O)CC[C@]4(C)C3C[C@H](O)[C@@]21C.O. The van der Waals surface area contributed by atoms with E-state index >= 15 is 0 Å². The molecule has 0 bridgehead atoms. The molecular formula is C30H46O5. The Balaban J connectivity index is 0.00000289. The molecule has 0 amide bonds. The largest absolute Gasteiger partial charge is 0.427 e. The maximum absolute atomic E-state index is 12.4. The lowest BCUT2D eigenvalue weighted by atomic mass is 9.43. The third-order valence-corrected chi connectivity index (χ3v) is 11.3. The molecular weight excluding hydrogens is 440 g/mol. The molecule has 3 unspecified atom stereocenters. The van der Waals surface area contributed by atoms with Gasteiger partial charge in [0, 0.05) is 6.42 Å². The molecule has 0 saturated heterocycles. The monoisotopic (exact) mass is 486 g/mol. The lowest BCUT2D eigenvalue weighted by Gasteiger charge is -2.62. The van der Waals surface area contributed by atoms with E-state index in [1.165, 1.54) is 19.3 Å². The topological polar surface area (TPSA) is 98.3 Å². The van der Waals surface area contributed by atoms with E-state index in [9.17, 15) is 15.0 Å². The van der Waals surface area contributed by atoms with Crippen LogP contribution in [0.5, 0.6) is 5.75 Å². The van der Waals surface area contributed by atoms with Gasteiger partial charge in [0.05, 0.1) is 12.2 Å². The summed E-state index contributed by atoms with van der Waals surface area (Å²) in [6, 6.07) is 9.32. The summed E-state index contributed by atoms with van der Waals surface area (Å²) >= 11 is 0. The third-order valence-electron chi connectivity index (χ3n) is 11.3. The summed E-state index contributed by atoms with van der Waals surface area (Å²) in [4.78, 5) is 12.4. The zero-order valence-electron chi connectivity index (χ0n) is 21.8. The molecule has 4 aliphatic carbocycles. The van der Waals surface area contributed by atoms with Gasteiger partial charge in [-0.05, 0) is 116 Å². The Bertz CT molecular complexity index is 873. The van der Waals surface area contributed by atoms with Crippen molar-refractivity contribution in [3.05, 3.63) is 30.3 Å². The predicted octanol–water partition coefficient (Wildman–Crippen LogP) is 5.17. The molecule has 4 saturated carbocycles. The average Bonchev–Trinajstić information content (AvgIpc) is 3.18. The maximum atomic E-state index is 12.4. The second kappa shape index (κ2) is 10.1. The van der Waals surface area contributed by atoms with Crippen LogP contribution in [0.25, 0.3) is 0 Å². The standard InChI is InChI=1S/C30H44O4.H2O/c1-19(9-14-28(33)34-22-7-5-4-6-8-22)24-12-13-25-23-11-10-20-17-21(31)15-16-29(20,2)26(23)18-27(32)30(24,25)3;/h4-8,19-21,23-27,31-32H,9-18H2,1-3H3;1H2/t19-,20-,21-,23?,24-,25?,26?,27+,29+,30-;/m1./s1. The van der Waals surface area contributed by atoms with Gasteiger partial charge in [-0.2, -0.15) is 0 Å². The van der Waals surface area contributed by atoms with Gasteiger partial charge >= 0.3 is 5.97 Å². The van der Waals surface area contributed by atoms with E-state index in [1.54, 1.807) is 0 Å². The van der Waals surface area contributed by atoms with Gasteiger partial charge in [0.2, 0.25) is 0 Å². The van der Waals surface area contributed by atoms with Gasteiger partial charge in [-0.1, -0.05) is 39.0 Å². The Morgan fingerprint density at radius 1 is 1.03 bits per heavy atom. The molecule has 0 radical (unpaired) electrons. The van der Waals surface area contributed by atoms with Crippen molar-refractivity contribution in [2.75, 3.05) is 0 Å². The first-order valence-electron chi connectivity index (χ1n) is 13.8. The number of para-hydroxylation sites is 1. The van der Waals surface area contributed by atoms with Crippen molar-refractivity contribution in [2.24, 2.45) is 46.3 Å². The molecule has 196 valence electrons. The minimum absolute atomic E-state index is 0. The van der Waals surface area contributed by atoms with Crippen LogP contribution in [-0.4, -0.2) is 33.9 Å². The number of fused-ring (bicyclic) bond motifs is 5. The molecule has 5 heteroatoms. The number of aliphatic hydroxyl groups is 2. The van der Waals surface area contributed by atoms with E-state index in [1.807, 2.05) is 30.3 Å². The van der Waals surface area contributed by atoms with E-state index in [4.69, 9.17) is 4.74 Å². The Hall–Kier alpha value is -1.43. The summed E-state index contributed by atoms with van der Waals surface area (Å²) in [6.45, 7) is 7.13. The molecule has 1 aromatic rings. The highest BCUT2D eigenvalue weighted by molar-refractivity contribution is 5.72. The molecule has 5 rings (SSSR count). The van der Waals surface area contributed by atoms with Crippen molar-refractivity contribution >= 4 is 5.97 Å². The number of benzene rings is 1. The summed E-state index contributed by atoms with van der Waals surface area (Å²) in [7, 11) is 0. The smallest absolute Gasteiger partial charge is 0.311 e. The summed E-state index contributed by atoms with van der Waals surface area (Å²) in [6.07, 6.45) is 9.62. The normalized spacial score (nSPS) is 43.2. The lowest BCUT2D eigenvalue weighted by molar-refractivity contribution is -0.175. The first-order valence-corrected chi connectivity index (χ1v) is 13.8. The Kier molecular flexibility index (Phi) is 7.72. The number of aliphatic hydroxyl groups excluding tert-OH is 2. The molecule has 0 aromatic heterocycles.